The molecule has 0 aromatic carbocycles. The summed E-state index contributed by atoms with van der Waals surface area (Å²) in [6.07, 6.45) is 4.47. The minimum Gasteiger partial charge on any atom is -0.469 e. The fourth-order valence-corrected chi connectivity index (χ4v) is 2.23. The van der Waals surface area contributed by atoms with Crippen molar-refractivity contribution in [2.45, 2.75) is 37.8 Å². The van der Waals surface area contributed by atoms with Gasteiger partial charge in [-0.2, -0.15) is 5.26 Å². The molecule has 0 radical (unpaired) electrons. The van der Waals surface area contributed by atoms with Crippen LogP contribution in [0, 0.1) is 21.4 Å². The van der Waals surface area contributed by atoms with Crippen molar-refractivity contribution in [1.82, 2.24) is 4.98 Å². The average molecular weight is 262 g/mol. The van der Waals surface area contributed by atoms with Gasteiger partial charge in [0.1, 0.15) is 17.7 Å². The molecule has 0 bridgehead atoms. The number of rotatable bonds is 3. The molecule has 1 heterocycles. The Bertz CT molecular complexity index is 526. The van der Waals surface area contributed by atoms with Gasteiger partial charge in [0.05, 0.1) is 4.92 Å². The van der Waals surface area contributed by atoms with Crippen molar-refractivity contribution in [3.63, 3.8) is 0 Å². The number of nitro groups is 1. The predicted octanol–water partition coefficient (Wildman–Crippen LogP) is 1.51. The van der Waals surface area contributed by atoms with Gasteiger partial charge in [0.15, 0.2) is 0 Å². The molecular weight excluding hydrogens is 248 g/mol. The molecule has 7 nitrogen and oxygen atoms in total. The molecule has 0 aliphatic heterocycles. The lowest BCUT2D eigenvalue weighted by Gasteiger charge is -2.26. The smallest absolute Gasteiger partial charge is 0.348 e. The molecule has 2 unspecified atom stereocenters. The molecule has 1 aromatic heterocycles. The molecule has 19 heavy (non-hydrogen) atoms. The molecule has 2 rings (SSSR count). The maximum Gasteiger partial charge on any atom is 0.348 e. The van der Waals surface area contributed by atoms with E-state index in [4.69, 9.17) is 15.7 Å². The van der Waals surface area contributed by atoms with Crippen molar-refractivity contribution in [1.29, 1.82) is 5.26 Å². The minimum absolute atomic E-state index is 0.0462. The molecule has 0 spiro atoms. The molecule has 0 saturated heterocycles. The van der Waals surface area contributed by atoms with Crippen LogP contribution in [0.15, 0.2) is 12.3 Å². The highest BCUT2D eigenvalue weighted by molar-refractivity contribution is 5.54. The van der Waals surface area contributed by atoms with Crippen LogP contribution < -0.4 is 10.5 Å². The van der Waals surface area contributed by atoms with Gasteiger partial charge in [0.2, 0.25) is 0 Å². The van der Waals surface area contributed by atoms with Gasteiger partial charge in [-0.05, 0) is 31.7 Å². The van der Waals surface area contributed by atoms with Crippen LogP contribution in [0.1, 0.15) is 31.2 Å². The summed E-state index contributed by atoms with van der Waals surface area (Å²) in [5.74, 6) is -0.0943. The number of ether oxygens (including phenoxy) is 1. The first-order chi connectivity index (χ1) is 9.11. The third-order valence-electron chi connectivity index (χ3n) is 3.14. The Balaban J connectivity index is 2.25. The third kappa shape index (κ3) is 2.98. The van der Waals surface area contributed by atoms with Crippen LogP contribution in [0.25, 0.3) is 0 Å². The van der Waals surface area contributed by atoms with E-state index in [1.807, 2.05) is 0 Å². The molecule has 2 N–H and O–H groups in total. The summed E-state index contributed by atoms with van der Waals surface area (Å²) in [7, 11) is 0. The molecule has 0 amide bonds. The number of hydrogen-bond donors (Lipinski definition) is 1. The van der Waals surface area contributed by atoms with Gasteiger partial charge < -0.3 is 10.5 Å². The van der Waals surface area contributed by atoms with Gasteiger partial charge >= 0.3 is 5.69 Å². The Kier molecular flexibility index (Phi) is 3.92. The maximum atomic E-state index is 11.0. The molecule has 1 fully saturated rings. The molecule has 7 heteroatoms. The van der Waals surface area contributed by atoms with Crippen LogP contribution in [0.4, 0.5) is 5.69 Å². The molecule has 2 atom stereocenters. The van der Waals surface area contributed by atoms with E-state index < -0.39 is 4.92 Å². The minimum atomic E-state index is -0.635. The fraction of sp³-hybridized carbons (Fsp3) is 0.500. The van der Waals surface area contributed by atoms with Gasteiger partial charge in [-0.15, -0.1) is 0 Å². The van der Waals surface area contributed by atoms with Crippen LogP contribution in [0.5, 0.6) is 5.88 Å². The largest absolute Gasteiger partial charge is 0.469 e. The lowest BCUT2D eigenvalue weighted by molar-refractivity contribution is -0.386. The molecule has 100 valence electrons. The zero-order valence-electron chi connectivity index (χ0n) is 10.3. The second-order valence-electron chi connectivity index (χ2n) is 4.55. The summed E-state index contributed by atoms with van der Waals surface area (Å²) >= 11 is 0. The molecular formula is C12H14N4O3. The van der Waals surface area contributed by atoms with E-state index in [-0.39, 0.29) is 29.3 Å². The highest BCUT2D eigenvalue weighted by Gasteiger charge is 2.27. The van der Waals surface area contributed by atoms with Crippen LogP contribution in [-0.4, -0.2) is 22.1 Å². The van der Waals surface area contributed by atoms with Gasteiger partial charge in [-0.1, -0.05) is 0 Å². The number of pyridine rings is 1. The summed E-state index contributed by atoms with van der Waals surface area (Å²) in [6.45, 7) is 0. The summed E-state index contributed by atoms with van der Waals surface area (Å²) in [6, 6.07) is 3.13. The lowest BCUT2D eigenvalue weighted by atomic mass is 9.93. The number of nitrogens with zero attached hydrogens (tertiary/aromatic N) is 3. The zero-order chi connectivity index (χ0) is 13.8. The highest BCUT2D eigenvalue weighted by Crippen LogP contribution is 2.31. The average Bonchev–Trinajstić information content (AvgIpc) is 2.38. The van der Waals surface area contributed by atoms with Gasteiger partial charge in [0.25, 0.3) is 5.88 Å². The zero-order valence-corrected chi connectivity index (χ0v) is 10.3. The number of hydrogen-bond acceptors (Lipinski definition) is 6. The molecule has 1 aliphatic carbocycles. The Morgan fingerprint density at radius 1 is 1.58 bits per heavy atom. The second-order valence-corrected chi connectivity index (χ2v) is 4.55. The number of nitriles is 1. The first kappa shape index (κ1) is 13.2. The van der Waals surface area contributed by atoms with E-state index in [0.29, 0.717) is 6.42 Å². The van der Waals surface area contributed by atoms with Gasteiger partial charge in [-0.3, -0.25) is 10.1 Å². The first-order valence-corrected chi connectivity index (χ1v) is 6.07. The maximum absolute atomic E-state index is 11.0. The SMILES string of the molecule is N#Cc1ccnc(OC2CCCC(N)C2)c1[N+](=O)[O-]. The van der Waals surface area contributed by atoms with Crippen LogP contribution in [-0.2, 0) is 0 Å². The van der Waals surface area contributed by atoms with E-state index in [9.17, 15) is 10.1 Å². The van der Waals surface area contributed by atoms with E-state index in [1.54, 1.807) is 6.07 Å². The number of aromatic nitrogens is 1. The van der Waals surface area contributed by atoms with Crippen LogP contribution in [0.3, 0.4) is 0 Å². The summed E-state index contributed by atoms with van der Waals surface area (Å²) in [5, 5.41) is 19.9. The standard InChI is InChI=1S/C12H14N4O3/c13-7-8-4-5-15-12(11(8)16(17)18)19-10-3-1-2-9(14)6-10/h4-5,9-10H,1-3,6,14H2. The third-order valence-corrected chi connectivity index (χ3v) is 3.14. The van der Waals surface area contributed by atoms with E-state index in [0.717, 1.165) is 19.3 Å². The monoisotopic (exact) mass is 262 g/mol. The van der Waals surface area contributed by atoms with Gasteiger partial charge in [0, 0.05) is 12.2 Å². The summed E-state index contributed by atoms with van der Waals surface area (Å²) in [4.78, 5) is 14.3. The Hall–Kier alpha value is -2.20. The molecule has 1 saturated carbocycles. The van der Waals surface area contributed by atoms with E-state index in [1.165, 1.54) is 12.3 Å². The lowest BCUT2D eigenvalue weighted by Crippen LogP contribution is -2.34. The van der Waals surface area contributed by atoms with E-state index >= 15 is 0 Å². The quantitative estimate of drug-likeness (QED) is 0.652. The van der Waals surface area contributed by atoms with Crippen molar-refractivity contribution < 1.29 is 9.66 Å². The normalized spacial score (nSPS) is 22.5. The Morgan fingerprint density at radius 3 is 3.00 bits per heavy atom. The van der Waals surface area contributed by atoms with Crippen molar-refractivity contribution in [3.05, 3.63) is 27.9 Å². The Labute approximate surface area is 110 Å². The van der Waals surface area contributed by atoms with Crippen LogP contribution >= 0.6 is 0 Å². The Morgan fingerprint density at radius 2 is 2.37 bits per heavy atom. The van der Waals surface area contributed by atoms with Crippen molar-refractivity contribution in [2.24, 2.45) is 5.73 Å². The summed E-state index contributed by atoms with van der Waals surface area (Å²) in [5.41, 5.74) is 5.43. The highest BCUT2D eigenvalue weighted by atomic mass is 16.6. The van der Waals surface area contributed by atoms with Gasteiger partial charge in [-0.25, -0.2) is 4.98 Å². The fourth-order valence-electron chi connectivity index (χ4n) is 2.23. The van der Waals surface area contributed by atoms with Crippen molar-refractivity contribution in [2.75, 3.05) is 0 Å². The predicted molar refractivity (Wildman–Crippen MR) is 66.5 cm³/mol. The van der Waals surface area contributed by atoms with Crippen molar-refractivity contribution in [3.8, 4) is 11.9 Å². The van der Waals surface area contributed by atoms with Crippen molar-refractivity contribution >= 4 is 5.69 Å². The second kappa shape index (κ2) is 5.63. The molecule has 1 aromatic rings. The van der Waals surface area contributed by atoms with Crippen LogP contribution in [0.2, 0.25) is 0 Å². The molecule has 1 aliphatic rings. The topological polar surface area (TPSA) is 115 Å². The number of nitrogens with two attached hydrogens (primary N) is 1. The van der Waals surface area contributed by atoms with E-state index in [2.05, 4.69) is 4.98 Å². The summed E-state index contributed by atoms with van der Waals surface area (Å²) < 4.78 is 5.58. The first-order valence-electron chi connectivity index (χ1n) is 6.07.